The van der Waals surface area contributed by atoms with E-state index >= 15 is 0 Å². The molecule has 0 radical (unpaired) electrons. The second-order valence-corrected chi connectivity index (χ2v) is 8.07. The highest BCUT2D eigenvalue weighted by atomic mass is 16.4. The third-order valence-electron chi connectivity index (χ3n) is 6.49. The van der Waals surface area contributed by atoms with Crippen LogP contribution in [0.5, 0.6) is 0 Å². The van der Waals surface area contributed by atoms with E-state index in [0.29, 0.717) is 17.8 Å². The molecule has 0 heterocycles. The number of carboxylic acids is 1. The van der Waals surface area contributed by atoms with E-state index in [-0.39, 0.29) is 0 Å². The third-order valence-corrected chi connectivity index (χ3v) is 6.49. The molecular weight excluding hydrogens is 284 g/mol. The van der Waals surface area contributed by atoms with Crippen LogP contribution in [0.15, 0.2) is 0 Å². The SMILES string of the molecule is CCCCCC(C)C1CCCCC1(C(=O)O)C(C)CCCCC. The van der Waals surface area contributed by atoms with Crippen molar-refractivity contribution in [3.05, 3.63) is 0 Å². The molecule has 4 atom stereocenters. The van der Waals surface area contributed by atoms with Crippen molar-refractivity contribution in [3.8, 4) is 0 Å². The van der Waals surface area contributed by atoms with Gasteiger partial charge in [-0.25, -0.2) is 0 Å². The van der Waals surface area contributed by atoms with Crippen LogP contribution in [-0.4, -0.2) is 11.1 Å². The second-order valence-electron chi connectivity index (χ2n) is 8.07. The number of hydrogen-bond donors (Lipinski definition) is 1. The molecule has 23 heavy (non-hydrogen) atoms. The highest BCUT2D eigenvalue weighted by molar-refractivity contribution is 5.75. The molecule has 0 spiro atoms. The minimum atomic E-state index is -0.506. The van der Waals surface area contributed by atoms with Gasteiger partial charge in [0, 0.05) is 0 Å². The largest absolute Gasteiger partial charge is 0.481 e. The van der Waals surface area contributed by atoms with Crippen molar-refractivity contribution >= 4 is 5.97 Å². The maximum atomic E-state index is 12.4. The summed E-state index contributed by atoms with van der Waals surface area (Å²) in [5.41, 5.74) is -0.461. The van der Waals surface area contributed by atoms with E-state index in [9.17, 15) is 9.90 Å². The highest BCUT2D eigenvalue weighted by Crippen LogP contribution is 2.52. The predicted octanol–water partition coefficient (Wildman–Crippen LogP) is 6.68. The maximum absolute atomic E-state index is 12.4. The number of aliphatic carboxylic acids is 1. The standard InChI is InChI=1S/C21H40O2/c1-5-7-9-13-17(3)19-15-11-12-16-21(19,20(22)23)18(4)14-10-8-6-2/h17-19H,5-16H2,1-4H3,(H,22,23). The van der Waals surface area contributed by atoms with Crippen molar-refractivity contribution in [2.45, 2.75) is 105 Å². The fourth-order valence-electron chi connectivity index (χ4n) is 4.98. The van der Waals surface area contributed by atoms with Crippen LogP contribution in [0.1, 0.15) is 105 Å². The Morgan fingerprint density at radius 3 is 2.22 bits per heavy atom. The van der Waals surface area contributed by atoms with E-state index in [0.717, 1.165) is 25.7 Å². The van der Waals surface area contributed by atoms with Gasteiger partial charge in [0.25, 0.3) is 0 Å². The first-order chi connectivity index (χ1) is 11.0. The summed E-state index contributed by atoms with van der Waals surface area (Å²) < 4.78 is 0. The van der Waals surface area contributed by atoms with Crippen LogP contribution in [0.4, 0.5) is 0 Å². The normalized spacial score (nSPS) is 27.6. The van der Waals surface area contributed by atoms with Gasteiger partial charge in [0.1, 0.15) is 0 Å². The number of carbonyl (C=O) groups is 1. The molecule has 0 aromatic heterocycles. The Morgan fingerprint density at radius 2 is 1.65 bits per heavy atom. The first-order valence-electron chi connectivity index (χ1n) is 10.2. The lowest BCUT2D eigenvalue weighted by Gasteiger charge is -2.48. The number of hydrogen-bond acceptors (Lipinski definition) is 1. The van der Waals surface area contributed by atoms with Gasteiger partial charge in [-0.05, 0) is 37.0 Å². The lowest BCUT2D eigenvalue weighted by molar-refractivity contribution is -0.163. The molecule has 2 heteroatoms. The smallest absolute Gasteiger partial charge is 0.310 e. The summed E-state index contributed by atoms with van der Waals surface area (Å²) in [5.74, 6) is 0.729. The van der Waals surface area contributed by atoms with Crippen LogP contribution >= 0.6 is 0 Å². The van der Waals surface area contributed by atoms with Crippen molar-refractivity contribution < 1.29 is 9.90 Å². The van der Waals surface area contributed by atoms with Crippen LogP contribution in [0.2, 0.25) is 0 Å². The molecule has 1 rings (SSSR count). The van der Waals surface area contributed by atoms with Crippen LogP contribution in [0.25, 0.3) is 0 Å². The first kappa shape index (κ1) is 20.5. The maximum Gasteiger partial charge on any atom is 0.310 e. The first-order valence-corrected chi connectivity index (χ1v) is 10.2. The molecule has 1 aliphatic carbocycles. The zero-order chi connectivity index (χ0) is 17.3. The Balaban J connectivity index is 2.87. The number of rotatable bonds is 11. The number of unbranched alkanes of at least 4 members (excludes halogenated alkanes) is 4. The average molecular weight is 325 g/mol. The van der Waals surface area contributed by atoms with E-state index in [1.54, 1.807) is 0 Å². The summed E-state index contributed by atoms with van der Waals surface area (Å²) in [6, 6.07) is 0. The van der Waals surface area contributed by atoms with Crippen molar-refractivity contribution in [3.63, 3.8) is 0 Å². The van der Waals surface area contributed by atoms with Crippen molar-refractivity contribution in [2.24, 2.45) is 23.2 Å². The van der Waals surface area contributed by atoms with Gasteiger partial charge >= 0.3 is 5.97 Å². The zero-order valence-electron chi connectivity index (χ0n) is 16.1. The summed E-state index contributed by atoms with van der Waals surface area (Å²) in [7, 11) is 0. The average Bonchev–Trinajstić information content (AvgIpc) is 2.54. The Kier molecular flexibility index (Phi) is 9.24. The minimum absolute atomic E-state index is 0.311. The van der Waals surface area contributed by atoms with Gasteiger partial charge in [-0.15, -0.1) is 0 Å². The molecule has 136 valence electrons. The van der Waals surface area contributed by atoms with Gasteiger partial charge in [0.2, 0.25) is 0 Å². The van der Waals surface area contributed by atoms with E-state index < -0.39 is 11.4 Å². The molecule has 1 fully saturated rings. The summed E-state index contributed by atoms with van der Waals surface area (Å²) >= 11 is 0. The zero-order valence-corrected chi connectivity index (χ0v) is 16.1. The Hall–Kier alpha value is -0.530. The summed E-state index contributed by atoms with van der Waals surface area (Å²) in [6.07, 6.45) is 14.0. The molecule has 0 amide bonds. The van der Waals surface area contributed by atoms with Crippen molar-refractivity contribution in [1.82, 2.24) is 0 Å². The van der Waals surface area contributed by atoms with Crippen LogP contribution in [-0.2, 0) is 4.79 Å². The van der Waals surface area contributed by atoms with Gasteiger partial charge in [-0.3, -0.25) is 4.79 Å². The van der Waals surface area contributed by atoms with E-state index in [1.165, 1.54) is 51.4 Å². The van der Waals surface area contributed by atoms with E-state index in [4.69, 9.17) is 0 Å². The van der Waals surface area contributed by atoms with Crippen molar-refractivity contribution in [1.29, 1.82) is 0 Å². The Labute approximate surface area is 144 Å². The monoisotopic (exact) mass is 324 g/mol. The Morgan fingerprint density at radius 1 is 1.04 bits per heavy atom. The predicted molar refractivity (Wildman–Crippen MR) is 98.6 cm³/mol. The molecule has 0 aromatic rings. The molecule has 2 nitrogen and oxygen atoms in total. The highest BCUT2D eigenvalue weighted by Gasteiger charge is 2.51. The fraction of sp³-hybridized carbons (Fsp3) is 0.952. The molecule has 0 aliphatic heterocycles. The molecule has 4 unspecified atom stereocenters. The van der Waals surface area contributed by atoms with Gasteiger partial charge in [-0.2, -0.15) is 0 Å². The van der Waals surface area contributed by atoms with Crippen LogP contribution < -0.4 is 0 Å². The molecule has 1 N–H and O–H groups in total. The number of carboxylic acid groups (broad SMARTS) is 1. The summed E-state index contributed by atoms with van der Waals surface area (Å²) in [6.45, 7) is 9.00. The lowest BCUT2D eigenvalue weighted by atomic mass is 9.55. The molecule has 0 aromatic carbocycles. The lowest BCUT2D eigenvalue weighted by Crippen LogP contribution is -2.48. The summed E-state index contributed by atoms with van der Waals surface area (Å²) in [4.78, 5) is 12.4. The molecule has 1 saturated carbocycles. The quantitative estimate of drug-likeness (QED) is 0.430. The topological polar surface area (TPSA) is 37.3 Å². The Bertz CT molecular complexity index is 339. The molecule has 1 aliphatic rings. The third kappa shape index (κ3) is 5.22. The van der Waals surface area contributed by atoms with E-state index in [1.807, 2.05) is 0 Å². The molecule has 0 saturated heterocycles. The molecular formula is C21H40O2. The molecule has 0 bridgehead atoms. The fourth-order valence-corrected chi connectivity index (χ4v) is 4.98. The van der Waals surface area contributed by atoms with Gasteiger partial charge < -0.3 is 5.11 Å². The summed E-state index contributed by atoms with van der Waals surface area (Å²) in [5, 5.41) is 10.2. The van der Waals surface area contributed by atoms with Gasteiger partial charge in [-0.1, -0.05) is 85.5 Å². The van der Waals surface area contributed by atoms with Gasteiger partial charge in [0.15, 0.2) is 0 Å². The minimum Gasteiger partial charge on any atom is -0.481 e. The van der Waals surface area contributed by atoms with Crippen LogP contribution in [0, 0.1) is 23.2 Å². The van der Waals surface area contributed by atoms with Crippen molar-refractivity contribution in [2.75, 3.05) is 0 Å². The van der Waals surface area contributed by atoms with E-state index in [2.05, 4.69) is 27.7 Å². The second kappa shape index (κ2) is 10.4. The van der Waals surface area contributed by atoms with Gasteiger partial charge in [0.05, 0.1) is 5.41 Å². The van der Waals surface area contributed by atoms with Crippen LogP contribution in [0.3, 0.4) is 0 Å².